The summed E-state index contributed by atoms with van der Waals surface area (Å²) in [6.07, 6.45) is -0.425. The summed E-state index contributed by atoms with van der Waals surface area (Å²) in [5, 5.41) is 27.1. The van der Waals surface area contributed by atoms with E-state index in [1.54, 1.807) is 43.5 Å². The number of aromatic hydroxyl groups is 1. The molecule has 0 aliphatic carbocycles. The van der Waals surface area contributed by atoms with Gasteiger partial charge in [-0.2, -0.15) is 5.10 Å². The number of halogens is 1. The number of aliphatic hydroxyl groups excluding tert-OH is 1. The number of nitrogens with zero attached hydrogens (tertiary/aromatic N) is 4. The van der Waals surface area contributed by atoms with Crippen LogP contribution in [0.1, 0.15) is 5.56 Å². The average Bonchev–Trinajstić information content (AvgIpc) is 3.22. The zero-order valence-corrected chi connectivity index (χ0v) is 21.0. The first-order chi connectivity index (χ1) is 17.3. The van der Waals surface area contributed by atoms with E-state index in [1.807, 2.05) is 0 Å². The maximum absolute atomic E-state index is 12.7. The van der Waals surface area contributed by atoms with Gasteiger partial charge in [0.05, 0.1) is 19.9 Å². The van der Waals surface area contributed by atoms with Crippen molar-refractivity contribution in [3.05, 3.63) is 52.5 Å². The molecule has 0 radical (unpaired) electrons. The predicted molar refractivity (Wildman–Crippen MR) is 134 cm³/mol. The minimum absolute atomic E-state index is 0.0263. The van der Waals surface area contributed by atoms with E-state index >= 15 is 0 Å². The van der Waals surface area contributed by atoms with Crippen molar-refractivity contribution in [2.24, 2.45) is 10.1 Å². The number of hydrazone groups is 1. The highest BCUT2D eigenvalue weighted by molar-refractivity contribution is 9.10. The van der Waals surface area contributed by atoms with Crippen LogP contribution in [0, 0.1) is 0 Å². The lowest BCUT2D eigenvalue weighted by atomic mass is 10.1. The van der Waals surface area contributed by atoms with E-state index in [4.69, 9.17) is 9.47 Å². The molecule has 2 heterocycles. The van der Waals surface area contributed by atoms with Crippen molar-refractivity contribution in [3.8, 4) is 17.2 Å². The lowest BCUT2D eigenvalue weighted by Gasteiger charge is -2.36. The number of carbonyl (C=O) groups is 2. The Morgan fingerprint density at radius 2 is 1.97 bits per heavy atom. The molecule has 2 aromatic rings. The summed E-state index contributed by atoms with van der Waals surface area (Å²) in [6.45, 7) is -0.0880. The molecule has 2 aliphatic heterocycles. The van der Waals surface area contributed by atoms with Crippen molar-refractivity contribution in [2.75, 3.05) is 27.3 Å². The number of amides is 3. The molecular formula is C23H25BrN6O6. The molecule has 0 spiro atoms. The van der Waals surface area contributed by atoms with Crippen LogP contribution in [-0.4, -0.2) is 89.7 Å². The maximum Gasteiger partial charge on any atom is 0.325 e. The van der Waals surface area contributed by atoms with Crippen LogP contribution in [0.3, 0.4) is 0 Å². The number of benzene rings is 2. The van der Waals surface area contributed by atoms with Crippen LogP contribution in [-0.2, 0) is 4.79 Å². The number of fused-ring (bicyclic) bond motifs is 1. The minimum Gasteiger partial charge on any atom is -0.507 e. The van der Waals surface area contributed by atoms with Gasteiger partial charge in [0.15, 0.2) is 12.2 Å². The number of nitrogens with one attached hydrogen (secondary N) is 2. The van der Waals surface area contributed by atoms with Gasteiger partial charge < -0.3 is 29.5 Å². The molecule has 1 saturated heterocycles. The highest BCUT2D eigenvalue weighted by atomic mass is 79.9. The van der Waals surface area contributed by atoms with Gasteiger partial charge in [-0.3, -0.25) is 10.1 Å². The number of aliphatic hydroxyl groups is 1. The lowest BCUT2D eigenvalue weighted by molar-refractivity contribution is -0.127. The molecule has 12 nitrogen and oxygen atoms in total. The molecule has 3 amide bonds. The number of methoxy groups -OCH3 is 1. The highest BCUT2D eigenvalue weighted by Crippen LogP contribution is 2.24. The van der Waals surface area contributed by atoms with Gasteiger partial charge in [0.2, 0.25) is 5.96 Å². The second kappa shape index (κ2) is 10.8. The monoisotopic (exact) mass is 560 g/mol. The largest absolute Gasteiger partial charge is 0.507 e. The Hall–Kier alpha value is -3.84. The number of aliphatic imine (C=N–C) groups is 1. The number of phenolic OH excluding ortho intramolecular Hbond substituents is 1. The number of guanidine groups is 1. The average molecular weight is 561 g/mol. The fraction of sp³-hybridized carbons (Fsp3) is 0.304. The SMILES string of the molecule is COc1ccc(OCC(O)CN2C(N/N=C\c3cc(Br)ccc3O)=NC3C2C(=O)NC(=O)N3C)cc1. The molecule has 2 aromatic carbocycles. The molecule has 190 valence electrons. The smallest absolute Gasteiger partial charge is 0.325 e. The lowest BCUT2D eigenvalue weighted by Crippen LogP contribution is -2.64. The number of hydrogen-bond donors (Lipinski definition) is 4. The molecule has 36 heavy (non-hydrogen) atoms. The van der Waals surface area contributed by atoms with Gasteiger partial charge >= 0.3 is 6.03 Å². The molecule has 4 rings (SSSR count). The van der Waals surface area contributed by atoms with E-state index < -0.39 is 30.2 Å². The summed E-state index contributed by atoms with van der Waals surface area (Å²) in [6, 6.07) is 10.3. The molecule has 0 saturated carbocycles. The van der Waals surface area contributed by atoms with Crippen LogP contribution in [0.15, 0.2) is 57.0 Å². The summed E-state index contributed by atoms with van der Waals surface area (Å²) in [5.74, 6) is 0.881. The number of carbonyl (C=O) groups excluding carboxylic acids is 2. The van der Waals surface area contributed by atoms with Gasteiger partial charge in [-0.25, -0.2) is 15.2 Å². The Morgan fingerprint density at radius 1 is 1.25 bits per heavy atom. The third kappa shape index (κ3) is 5.52. The van der Waals surface area contributed by atoms with Crippen LogP contribution < -0.4 is 20.2 Å². The topological polar surface area (TPSA) is 148 Å². The molecule has 0 aromatic heterocycles. The van der Waals surface area contributed by atoms with E-state index in [1.165, 1.54) is 29.1 Å². The fourth-order valence-corrected chi connectivity index (χ4v) is 4.13. The maximum atomic E-state index is 12.7. The van der Waals surface area contributed by atoms with E-state index in [9.17, 15) is 19.8 Å². The number of hydrogen-bond acceptors (Lipinski definition) is 10. The van der Waals surface area contributed by atoms with Gasteiger partial charge in [0.1, 0.15) is 30.0 Å². The number of likely N-dealkylation sites (N-methyl/N-ethyl adjacent to an activating group) is 1. The van der Waals surface area contributed by atoms with E-state index in [-0.39, 0.29) is 24.9 Å². The van der Waals surface area contributed by atoms with Crippen LogP contribution in [0.25, 0.3) is 0 Å². The Kier molecular flexibility index (Phi) is 7.60. The summed E-state index contributed by atoms with van der Waals surface area (Å²) in [7, 11) is 3.09. The van der Waals surface area contributed by atoms with Gasteiger partial charge in [-0.05, 0) is 42.5 Å². The molecular weight excluding hydrogens is 536 g/mol. The Labute approximate surface area is 215 Å². The van der Waals surface area contributed by atoms with Crippen molar-refractivity contribution in [1.29, 1.82) is 0 Å². The second-order valence-electron chi connectivity index (χ2n) is 8.08. The van der Waals surface area contributed by atoms with Crippen molar-refractivity contribution >= 4 is 40.0 Å². The minimum atomic E-state index is -1.01. The Morgan fingerprint density at radius 3 is 2.69 bits per heavy atom. The van der Waals surface area contributed by atoms with Gasteiger partial charge in [0.25, 0.3) is 5.91 Å². The quantitative estimate of drug-likeness (QED) is 0.277. The molecule has 2 aliphatic rings. The van der Waals surface area contributed by atoms with Crippen molar-refractivity contribution in [2.45, 2.75) is 18.3 Å². The highest BCUT2D eigenvalue weighted by Gasteiger charge is 2.49. The molecule has 3 atom stereocenters. The molecule has 13 heteroatoms. The number of phenols is 1. The molecule has 1 fully saturated rings. The number of rotatable bonds is 8. The fourth-order valence-electron chi connectivity index (χ4n) is 3.75. The first-order valence-corrected chi connectivity index (χ1v) is 11.7. The molecule has 0 bridgehead atoms. The third-order valence-corrected chi connectivity index (χ3v) is 6.12. The van der Waals surface area contributed by atoms with Crippen molar-refractivity contribution in [3.63, 3.8) is 0 Å². The van der Waals surface area contributed by atoms with Gasteiger partial charge in [-0.1, -0.05) is 15.9 Å². The van der Waals surface area contributed by atoms with Crippen LogP contribution in [0.2, 0.25) is 0 Å². The van der Waals surface area contributed by atoms with Gasteiger partial charge in [-0.15, -0.1) is 0 Å². The van der Waals surface area contributed by atoms with Gasteiger partial charge in [0, 0.05) is 17.1 Å². The first kappa shape index (κ1) is 25.3. The summed E-state index contributed by atoms with van der Waals surface area (Å²) < 4.78 is 11.5. The zero-order valence-electron chi connectivity index (χ0n) is 19.5. The van der Waals surface area contributed by atoms with E-state index in [0.29, 0.717) is 17.1 Å². The summed E-state index contributed by atoms with van der Waals surface area (Å²) in [4.78, 5) is 32.1. The number of imide groups is 1. The standard InChI is InChI=1S/C23H25BrN6O6/c1-29-20-19(21(33)27-23(29)34)30(11-15(31)12-36-17-6-4-16(35-2)5-7-17)22(26-20)28-25-10-13-9-14(24)3-8-18(13)32/h3-10,15,19-20,31-32H,11-12H2,1-2H3,(H,26,28)(H,27,33,34)/b25-10-. The zero-order chi connectivity index (χ0) is 25.8. The predicted octanol–water partition coefficient (Wildman–Crippen LogP) is 1.07. The van der Waals surface area contributed by atoms with Crippen molar-refractivity contribution < 1.29 is 29.3 Å². The second-order valence-corrected chi connectivity index (χ2v) is 9.00. The Balaban J connectivity index is 1.48. The molecule has 4 N–H and O–H groups in total. The Bertz CT molecular complexity index is 1190. The van der Waals surface area contributed by atoms with E-state index in [0.717, 1.165) is 4.47 Å². The van der Waals surface area contributed by atoms with Crippen molar-refractivity contribution in [1.82, 2.24) is 20.5 Å². The normalized spacial score (nSPS) is 20.2. The summed E-state index contributed by atoms with van der Waals surface area (Å²) >= 11 is 3.34. The molecule has 3 unspecified atom stereocenters. The number of urea groups is 1. The van der Waals surface area contributed by atoms with Crippen LogP contribution in [0.4, 0.5) is 4.79 Å². The number of β-amino-alcohol motifs (C(OH)–C–C–N with tert-alkyl or cyclic N) is 1. The third-order valence-electron chi connectivity index (χ3n) is 5.63. The van der Waals surface area contributed by atoms with Crippen LogP contribution >= 0.6 is 15.9 Å². The first-order valence-electron chi connectivity index (χ1n) is 10.9. The number of ether oxygens (including phenoxy) is 2. The summed E-state index contributed by atoms with van der Waals surface area (Å²) in [5.41, 5.74) is 3.21. The van der Waals surface area contributed by atoms with E-state index in [2.05, 4.69) is 36.8 Å². The van der Waals surface area contributed by atoms with Crippen LogP contribution in [0.5, 0.6) is 17.2 Å².